The highest BCUT2D eigenvalue weighted by Crippen LogP contribution is 2.52. The van der Waals surface area contributed by atoms with Crippen molar-refractivity contribution >= 4 is 11.8 Å². The number of carbonyl (C=O) groups excluding carboxylic acids is 2. The van der Waals surface area contributed by atoms with Crippen molar-refractivity contribution in [3.8, 4) is 0 Å². The zero-order chi connectivity index (χ0) is 17.9. The van der Waals surface area contributed by atoms with Crippen LogP contribution in [-0.4, -0.2) is 54.0 Å². The van der Waals surface area contributed by atoms with E-state index in [0.717, 1.165) is 5.56 Å². The van der Waals surface area contributed by atoms with Crippen molar-refractivity contribution in [1.29, 1.82) is 0 Å². The van der Waals surface area contributed by atoms with Crippen LogP contribution in [0.4, 0.5) is 0 Å². The first-order valence-corrected chi connectivity index (χ1v) is 8.76. The summed E-state index contributed by atoms with van der Waals surface area (Å²) in [5.74, 6) is -0.797. The van der Waals surface area contributed by atoms with E-state index in [1.54, 1.807) is 19.0 Å². The molecule has 0 aromatic heterocycles. The molecule has 0 saturated carbocycles. The van der Waals surface area contributed by atoms with E-state index < -0.39 is 17.4 Å². The lowest BCUT2D eigenvalue weighted by molar-refractivity contribution is -0.141. The van der Waals surface area contributed by atoms with E-state index in [-0.39, 0.29) is 17.9 Å². The molecule has 4 atom stereocenters. The first kappa shape index (κ1) is 16.3. The van der Waals surface area contributed by atoms with Crippen LogP contribution in [0.15, 0.2) is 30.4 Å². The van der Waals surface area contributed by atoms with Gasteiger partial charge in [-0.05, 0) is 30.5 Å². The largest absolute Gasteiger partial charge is 0.360 e. The number of hydrogen-bond acceptors (Lipinski definition) is 3. The summed E-state index contributed by atoms with van der Waals surface area (Å²) < 4.78 is 6.13. The van der Waals surface area contributed by atoms with Gasteiger partial charge in [0, 0.05) is 20.6 Å². The zero-order valence-electron chi connectivity index (χ0n) is 15.2. The number of carbonyl (C=O) groups is 2. The van der Waals surface area contributed by atoms with Crippen molar-refractivity contribution in [2.24, 2.45) is 11.8 Å². The third-order valence-corrected chi connectivity index (χ3v) is 5.85. The number of ether oxygens (including phenoxy) is 1. The molecular weight excluding hydrogens is 316 g/mol. The van der Waals surface area contributed by atoms with Crippen molar-refractivity contribution in [2.45, 2.75) is 32.1 Å². The highest BCUT2D eigenvalue weighted by atomic mass is 16.5. The van der Waals surface area contributed by atoms with Gasteiger partial charge in [-0.2, -0.15) is 0 Å². The van der Waals surface area contributed by atoms with Gasteiger partial charge >= 0.3 is 0 Å². The number of likely N-dealkylation sites (tertiary alicyclic amines) is 1. The first-order chi connectivity index (χ1) is 11.8. The van der Waals surface area contributed by atoms with Crippen molar-refractivity contribution in [3.05, 3.63) is 47.0 Å². The van der Waals surface area contributed by atoms with Crippen LogP contribution in [-0.2, 0) is 20.9 Å². The van der Waals surface area contributed by atoms with Gasteiger partial charge in [-0.3, -0.25) is 9.59 Å². The average molecular weight is 340 g/mol. The molecule has 1 aromatic rings. The maximum Gasteiger partial charge on any atom is 0.230 e. The van der Waals surface area contributed by atoms with Crippen LogP contribution in [0, 0.1) is 25.7 Å². The number of nitrogens with zero attached hydrogens (tertiary/aromatic N) is 2. The molecule has 5 heteroatoms. The van der Waals surface area contributed by atoms with Gasteiger partial charge in [0.15, 0.2) is 0 Å². The Balaban J connectivity index is 1.61. The summed E-state index contributed by atoms with van der Waals surface area (Å²) in [6, 6.07) is 6.29. The third kappa shape index (κ3) is 2.33. The van der Waals surface area contributed by atoms with E-state index in [4.69, 9.17) is 4.74 Å². The van der Waals surface area contributed by atoms with Crippen LogP contribution in [0.1, 0.15) is 16.7 Å². The summed E-state index contributed by atoms with van der Waals surface area (Å²) in [6.07, 6.45) is 3.68. The lowest BCUT2D eigenvalue weighted by Crippen LogP contribution is -2.43. The van der Waals surface area contributed by atoms with Crippen LogP contribution in [0.2, 0.25) is 0 Å². The van der Waals surface area contributed by atoms with Crippen molar-refractivity contribution < 1.29 is 14.3 Å². The normalized spacial score (nSPS) is 32.4. The van der Waals surface area contributed by atoms with E-state index in [2.05, 4.69) is 32.0 Å². The van der Waals surface area contributed by atoms with Gasteiger partial charge in [-0.1, -0.05) is 30.4 Å². The Hall–Kier alpha value is -2.14. The molecule has 2 amide bonds. The molecule has 1 aromatic carbocycles. The molecule has 4 rings (SSSR count). The minimum Gasteiger partial charge on any atom is -0.360 e. The Kier molecular flexibility index (Phi) is 3.55. The molecule has 2 saturated heterocycles. The van der Waals surface area contributed by atoms with Gasteiger partial charge in [0.1, 0.15) is 5.60 Å². The van der Waals surface area contributed by atoms with E-state index in [9.17, 15) is 9.59 Å². The zero-order valence-corrected chi connectivity index (χ0v) is 15.2. The van der Waals surface area contributed by atoms with Crippen molar-refractivity contribution in [3.63, 3.8) is 0 Å². The molecule has 0 aliphatic carbocycles. The fourth-order valence-electron chi connectivity index (χ4n) is 4.41. The lowest BCUT2D eigenvalue weighted by Gasteiger charge is -2.25. The van der Waals surface area contributed by atoms with Crippen LogP contribution in [0.3, 0.4) is 0 Å². The molecule has 3 aliphatic rings. The molecule has 25 heavy (non-hydrogen) atoms. The van der Waals surface area contributed by atoms with E-state index in [1.165, 1.54) is 11.1 Å². The van der Waals surface area contributed by atoms with E-state index >= 15 is 0 Å². The van der Waals surface area contributed by atoms with Crippen LogP contribution >= 0.6 is 0 Å². The molecule has 132 valence electrons. The number of amides is 2. The van der Waals surface area contributed by atoms with Crippen LogP contribution in [0.5, 0.6) is 0 Å². The first-order valence-electron chi connectivity index (χ1n) is 8.76. The molecule has 2 bridgehead atoms. The number of aryl methyl sites for hydroxylation is 2. The molecule has 3 aliphatic heterocycles. The average Bonchev–Trinajstić information content (AvgIpc) is 3.19. The summed E-state index contributed by atoms with van der Waals surface area (Å²) in [5, 5.41) is 0. The number of rotatable bonds is 3. The maximum absolute atomic E-state index is 13.1. The van der Waals surface area contributed by atoms with Gasteiger partial charge in [0.05, 0.1) is 24.5 Å². The van der Waals surface area contributed by atoms with Gasteiger partial charge in [-0.25, -0.2) is 0 Å². The van der Waals surface area contributed by atoms with Crippen LogP contribution in [0.25, 0.3) is 0 Å². The lowest BCUT2D eigenvalue weighted by atomic mass is 9.76. The fourth-order valence-corrected chi connectivity index (χ4v) is 4.41. The van der Waals surface area contributed by atoms with E-state index in [0.29, 0.717) is 13.1 Å². The summed E-state index contributed by atoms with van der Waals surface area (Å²) in [4.78, 5) is 29.1. The Labute approximate surface area is 148 Å². The molecule has 0 N–H and O–H groups in total. The Morgan fingerprint density at radius 2 is 2.08 bits per heavy atom. The SMILES string of the molecule is Cc1ccc(CN2C[C@]34C=C[C@H](O3)[C@@H](C(=O)N(C)C)[C@@H]4C2=O)cc1C. The van der Waals surface area contributed by atoms with Gasteiger partial charge < -0.3 is 14.5 Å². The molecule has 3 heterocycles. The van der Waals surface area contributed by atoms with Gasteiger partial charge in [0.2, 0.25) is 11.8 Å². The second kappa shape index (κ2) is 5.43. The Bertz CT molecular complexity index is 785. The number of benzene rings is 1. The monoisotopic (exact) mass is 340 g/mol. The predicted octanol–water partition coefficient (Wildman–Crippen LogP) is 1.67. The summed E-state index contributed by atoms with van der Waals surface area (Å²) >= 11 is 0. The minimum atomic E-state index is -0.627. The van der Waals surface area contributed by atoms with E-state index in [1.807, 2.05) is 17.1 Å². The highest BCUT2D eigenvalue weighted by Gasteiger charge is 2.66. The highest BCUT2D eigenvalue weighted by molar-refractivity contribution is 5.92. The molecule has 5 nitrogen and oxygen atoms in total. The van der Waals surface area contributed by atoms with Crippen molar-refractivity contribution in [2.75, 3.05) is 20.6 Å². The molecule has 1 spiro atoms. The van der Waals surface area contributed by atoms with Crippen molar-refractivity contribution in [1.82, 2.24) is 9.80 Å². The second-order valence-corrected chi connectivity index (χ2v) is 7.75. The van der Waals surface area contributed by atoms with Gasteiger partial charge in [-0.15, -0.1) is 0 Å². The van der Waals surface area contributed by atoms with Crippen LogP contribution < -0.4 is 0 Å². The maximum atomic E-state index is 13.1. The minimum absolute atomic E-state index is 0.0254. The molecule has 0 unspecified atom stereocenters. The molecule has 2 fully saturated rings. The molecular formula is C20H24N2O3. The second-order valence-electron chi connectivity index (χ2n) is 7.75. The van der Waals surface area contributed by atoms with Gasteiger partial charge in [0.25, 0.3) is 0 Å². The summed E-state index contributed by atoms with van der Waals surface area (Å²) in [5.41, 5.74) is 2.95. The summed E-state index contributed by atoms with van der Waals surface area (Å²) in [6.45, 7) is 5.24. The number of fused-ring (bicyclic) bond motifs is 1. The Morgan fingerprint density at radius 3 is 2.76 bits per heavy atom. The smallest absolute Gasteiger partial charge is 0.230 e. The predicted molar refractivity (Wildman–Crippen MR) is 93.8 cm³/mol. The topological polar surface area (TPSA) is 49.9 Å². The quantitative estimate of drug-likeness (QED) is 0.787. The number of hydrogen-bond donors (Lipinski definition) is 0. The fraction of sp³-hybridized carbons (Fsp3) is 0.500. The molecule has 0 radical (unpaired) electrons. The standard InChI is InChI=1S/C20H24N2O3/c1-12-5-6-14(9-13(12)2)10-22-11-20-8-7-15(25-20)16(17(20)19(22)24)18(23)21(3)4/h5-9,15-17H,10-11H2,1-4H3/t15-,16+,17+,20-/m0/s1. The third-order valence-electron chi connectivity index (χ3n) is 5.85. The summed E-state index contributed by atoms with van der Waals surface area (Å²) in [7, 11) is 3.47. The Morgan fingerprint density at radius 1 is 1.32 bits per heavy atom.